The van der Waals surface area contributed by atoms with Gasteiger partial charge in [0.05, 0.1) is 6.21 Å². The minimum atomic E-state index is -0.292. The number of hydrogen-bond acceptors (Lipinski definition) is 2. The molecule has 3 rings (SSSR count). The lowest BCUT2D eigenvalue weighted by Crippen LogP contribution is -2.20. The molecular weight excluding hydrogens is 267 g/mol. The van der Waals surface area contributed by atoms with Gasteiger partial charge in [0.25, 0.3) is 0 Å². The summed E-state index contributed by atoms with van der Waals surface area (Å²) in [5.41, 5.74) is 4.48. The Balaban J connectivity index is 1.53. The maximum atomic E-state index is 12.7. The summed E-state index contributed by atoms with van der Waals surface area (Å²) in [4.78, 5) is 11.9. The highest BCUT2D eigenvalue weighted by atomic mass is 19.1. The molecule has 1 fully saturated rings. The Bertz CT molecular complexity index is 652. The van der Waals surface area contributed by atoms with Crippen molar-refractivity contribution in [3.8, 4) is 0 Å². The summed E-state index contributed by atoms with van der Waals surface area (Å²) in [6, 6.07) is 15.9. The third-order valence-electron chi connectivity index (χ3n) is 3.61. The predicted molar refractivity (Wildman–Crippen MR) is 79.4 cm³/mol. The minimum absolute atomic E-state index is 0.00207. The number of carbonyl (C=O) groups is 1. The summed E-state index contributed by atoms with van der Waals surface area (Å²) in [7, 11) is 0. The molecule has 2 atom stereocenters. The van der Waals surface area contributed by atoms with Gasteiger partial charge in [-0.15, -0.1) is 0 Å². The molecule has 0 radical (unpaired) electrons. The average molecular weight is 282 g/mol. The highest BCUT2D eigenvalue weighted by molar-refractivity contribution is 5.85. The van der Waals surface area contributed by atoms with Crippen LogP contribution in [0, 0.1) is 11.7 Å². The van der Waals surface area contributed by atoms with E-state index >= 15 is 0 Å². The van der Waals surface area contributed by atoms with Gasteiger partial charge in [-0.05, 0) is 35.6 Å². The van der Waals surface area contributed by atoms with Gasteiger partial charge in [-0.2, -0.15) is 5.10 Å². The van der Waals surface area contributed by atoms with Crippen LogP contribution in [0.1, 0.15) is 23.5 Å². The highest BCUT2D eigenvalue weighted by Crippen LogP contribution is 2.47. The molecule has 1 saturated carbocycles. The van der Waals surface area contributed by atoms with Crippen molar-refractivity contribution in [2.75, 3.05) is 0 Å². The van der Waals surface area contributed by atoms with E-state index in [9.17, 15) is 9.18 Å². The van der Waals surface area contributed by atoms with E-state index in [2.05, 4.69) is 10.5 Å². The summed E-state index contributed by atoms with van der Waals surface area (Å²) in [5, 5.41) is 3.91. The Hall–Kier alpha value is -2.49. The quantitative estimate of drug-likeness (QED) is 0.679. The zero-order valence-electron chi connectivity index (χ0n) is 11.4. The van der Waals surface area contributed by atoms with Crippen LogP contribution in [0.5, 0.6) is 0 Å². The maximum absolute atomic E-state index is 12.7. The predicted octanol–water partition coefficient (Wildman–Crippen LogP) is 3.08. The fourth-order valence-corrected chi connectivity index (χ4v) is 2.36. The van der Waals surface area contributed by atoms with E-state index < -0.39 is 0 Å². The topological polar surface area (TPSA) is 41.5 Å². The smallest absolute Gasteiger partial charge is 0.243 e. The molecule has 0 unspecified atom stereocenters. The van der Waals surface area contributed by atoms with Crippen LogP contribution in [-0.4, -0.2) is 12.1 Å². The molecule has 2 aromatic carbocycles. The standard InChI is InChI=1S/C17H15FN2O/c18-14-8-6-12(7-9-14)11-19-20-17(21)16-10-15(16)13-4-2-1-3-5-13/h1-9,11,15-16H,10H2,(H,20,21)/b19-11+/t15-,16-/m1/s1. The number of benzene rings is 2. The number of halogens is 1. The number of rotatable bonds is 4. The molecule has 4 heteroatoms. The van der Waals surface area contributed by atoms with Crippen molar-refractivity contribution in [2.45, 2.75) is 12.3 Å². The van der Waals surface area contributed by atoms with E-state index in [0.29, 0.717) is 5.92 Å². The lowest BCUT2D eigenvalue weighted by atomic mass is 10.1. The van der Waals surface area contributed by atoms with Crippen LogP contribution in [0.3, 0.4) is 0 Å². The van der Waals surface area contributed by atoms with E-state index in [0.717, 1.165) is 12.0 Å². The van der Waals surface area contributed by atoms with Gasteiger partial charge in [0.1, 0.15) is 5.82 Å². The van der Waals surface area contributed by atoms with E-state index in [4.69, 9.17) is 0 Å². The molecule has 1 aliphatic carbocycles. The van der Waals surface area contributed by atoms with Crippen LogP contribution < -0.4 is 5.43 Å². The molecule has 0 saturated heterocycles. The zero-order chi connectivity index (χ0) is 14.7. The first-order valence-electron chi connectivity index (χ1n) is 6.87. The number of carbonyl (C=O) groups excluding carboxylic acids is 1. The number of amides is 1. The Labute approximate surface area is 122 Å². The normalized spacial score (nSPS) is 20.4. The maximum Gasteiger partial charge on any atom is 0.243 e. The number of nitrogens with zero attached hydrogens (tertiary/aromatic N) is 1. The summed E-state index contributed by atoms with van der Waals surface area (Å²) in [6.45, 7) is 0. The fraction of sp³-hybridized carbons (Fsp3) is 0.176. The van der Waals surface area contributed by atoms with Crippen LogP contribution in [-0.2, 0) is 4.79 Å². The van der Waals surface area contributed by atoms with Crippen molar-refractivity contribution < 1.29 is 9.18 Å². The van der Waals surface area contributed by atoms with Crippen molar-refractivity contribution in [1.29, 1.82) is 0 Å². The summed E-state index contributed by atoms with van der Waals surface area (Å²) < 4.78 is 12.7. The molecule has 1 amide bonds. The lowest BCUT2D eigenvalue weighted by Gasteiger charge is -2.00. The first kappa shape index (κ1) is 13.5. The fourth-order valence-electron chi connectivity index (χ4n) is 2.36. The molecular formula is C17H15FN2O. The summed E-state index contributed by atoms with van der Waals surface area (Å²) >= 11 is 0. The van der Waals surface area contributed by atoms with Crippen molar-refractivity contribution in [1.82, 2.24) is 5.43 Å². The molecule has 0 spiro atoms. The van der Waals surface area contributed by atoms with Gasteiger partial charge in [0, 0.05) is 5.92 Å². The van der Waals surface area contributed by atoms with Gasteiger partial charge in [-0.1, -0.05) is 42.5 Å². The van der Waals surface area contributed by atoms with Crippen molar-refractivity contribution in [3.63, 3.8) is 0 Å². The van der Waals surface area contributed by atoms with Crippen molar-refractivity contribution in [3.05, 3.63) is 71.5 Å². The Morgan fingerprint density at radius 2 is 1.86 bits per heavy atom. The molecule has 0 aromatic heterocycles. The average Bonchev–Trinajstić information content (AvgIpc) is 3.31. The van der Waals surface area contributed by atoms with Crippen molar-refractivity contribution >= 4 is 12.1 Å². The van der Waals surface area contributed by atoms with Gasteiger partial charge in [-0.3, -0.25) is 4.79 Å². The third-order valence-corrected chi connectivity index (χ3v) is 3.61. The Kier molecular flexibility index (Phi) is 3.77. The SMILES string of the molecule is O=C(N/N=C/c1ccc(F)cc1)[C@@H]1C[C@@H]1c1ccccc1. The van der Waals surface area contributed by atoms with E-state index in [1.54, 1.807) is 12.1 Å². The molecule has 21 heavy (non-hydrogen) atoms. The Morgan fingerprint density at radius 1 is 1.14 bits per heavy atom. The van der Waals surface area contributed by atoms with Gasteiger partial charge >= 0.3 is 0 Å². The van der Waals surface area contributed by atoms with E-state index in [1.807, 2.05) is 30.3 Å². The van der Waals surface area contributed by atoms with Crippen LogP contribution >= 0.6 is 0 Å². The summed E-state index contributed by atoms with van der Waals surface area (Å²) in [5.74, 6) is -0.0629. The molecule has 3 nitrogen and oxygen atoms in total. The number of nitrogens with one attached hydrogen (secondary N) is 1. The van der Waals surface area contributed by atoms with Gasteiger partial charge in [-0.25, -0.2) is 9.82 Å². The second kappa shape index (κ2) is 5.87. The highest BCUT2D eigenvalue weighted by Gasteiger charge is 2.43. The van der Waals surface area contributed by atoms with Gasteiger partial charge in [0.15, 0.2) is 0 Å². The lowest BCUT2D eigenvalue weighted by molar-refractivity contribution is -0.122. The van der Waals surface area contributed by atoms with E-state index in [1.165, 1.54) is 23.9 Å². The molecule has 106 valence electrons. The van der Waals surface area contributed by atoms with Crippen LogP contribution in [0.15, 0.2) is 59.7 Å². The molecule has 1 N–H and O–H groups in total. The first-order valence-corrected chi connectivity index (χ1v) is 6.87. The molecule has 0 bridgehead atoms. The number of hydrazone groups is 1. The largest absolute Gasteiger partial charge is 0.273 e. The monoisotopic (exact) mass is 282 g/mol. The minimum Gasteiger partial charge on any atom is -0.273 e. The van der Waals surface area contributed by atoms with Gasteiger partial charge in [0.2, 0.25) is 5.91 Å². The molecule has 1 aliphatic rings. The molecule has 0 aliphatic heterocycles. The first-order chi connectivity index (χ1) is 10.2. The second-order valence-corrected chi connectivity index (χ2v) is 5.15. The summed E-state index contributed by atoms with van der Waals surface area (Å²) in [6.07, 6.45) is 2.37. The van der Waals surface area contributed by atoms with Crippen LogP contribution in [0.25, 0.3) is 0 Å². The zero-order valence-corrected chi connectivity index (χ0v) is 11.4. The number of hydrogen-bond donors (Lipinski definition) is 1. The van der Waals surface area contributed by atoms with Crippen LogP contribution in [0.2, 0.25) is 0 Å². The van der Waals surface area contributed by atoms with Gasteiger partial charge < -0.3 is 0 Å². The van der Waals surface area contributed by atoms with Crippen LogP contribution in [0.4, 0.5) is 4.39 Å². The second-order valence-electron chi connectivity index (χ2n) is 5.15. The third kappa shape index (κ3) is 3.34. The van der Waals surface area contributed by atoms with Crippen molar-refractivity contribution in [2.24, 2.45) is 11.0 Å². The Morgan fingerprint density at radius 3 is 2.57 bits per heavy atom. The van der Waals surface area contributed by atoms with E-state index in [-0.39, 0.29) is 17.6 Å². The molecule has 2 aromatic rings. The molecule has 0 heterocycles.